The lowest BCUT2D eigenvalue weighted by molar-refractivity contribution is -0.219. The fraction of sp³-hybridized carbons (Fsp3) is 0.309. The Balaban J connectivity index is 0.000000170. The zero-order chi connectivity index (χ0) is 46.8. The van der Waals surface area contributed by atoms with Crippen LogP contribution < -0.4 is 45.0 Å². The van der Waals surface area contributed by atoms with Gasteiger partial charge in [0.2, 0.25) is 23.4 Å². The van der Waals surface area contributed by atoms with Gasteiger partial charge in [-0.2, -0.15) is 0 Å². The van der Waals surface area contributed by atoms with Gasteiger partial charge in [0.25, 0.3) is 0 Å². The van der Waals surface area contributed by atoms with E-state index in [0.717, 1.165) is 119 Å². The maximum atomic E-state index is 12.7. The number of methoxy groups -OCH3 is 2. The Morgan fingerprint density at radius 2 is 1.04 bits per heavy atom. The van der Waals surface area contributed by atoms with Crippen LogP contribution in [0.25, 0.3) is 22.3 Å². The van der Waals surface area contributed by atoms with E-state index in [1.807, 2.05) is 103 Å². The summed E-state index contributed by atoms with van der Waals surface area (Å²) >= 11 is 0. The van der Waals surface area contributed by atoms with Gasteiger partial charge >= 0.3 is 0 Å². The van der Waals surface area contributed by atoms with E-state index >= 15 is 0 Å². The van der Waals surface area contributed by atoms with Crippen molar-refractivity contribution in [3.05, 3.63) is 150 Å². The minimum atomic E-state index is -0.503. The molecular weight excluding hydrogens is 861 g/mol. The predicted molar refractivity (Wildman–Crippen MR) is 261 cm³/mol. The monoisotopic (exact) mass is 918 g/mol. The summed E-state index contributed by atoms with van der Waals surface area (Å²) in [5.74, 6) is 2.67. The summed E-state index contributed by atoms with van der Waals surface area (Å²) in [6.45, 7) is 5.02. The Morgan fingerprint density at radius 3 is 1.56 bits per heavy atom. The molecule has 4 aliphatic heterocycles. The molecule has 2 fully saturated rings. The maximum absolute atomic E-state index is 12.7. The third-order valence-electron chi connectivity index (χ3n) is 12.5. The lowest BCUT2D eigenvalue weighted by atomic mass is 9.99. The van der Waals surface area contributed by atoms with Crippen LogP contribution >= 0.6 is 0 Å². The molecule has 2 spiro atoms. The standard InChI is InChI=1S/C28H30N2O5.C27H28N2O4/c1-32-24-12-19(13-25(17-24)33-2)14-27(31)30-23-5-3-4-20(16-23)21-6-7-26-22(15-21)18-34-28(35-26)8-10-29-11-9-28;30-26(11-16-31-24-7-2-1-3-8-24)29-23-6-4-5-20(18-23)21-9-10-25-22(17-21)19-32-27(33-25)12-14-28-15-13-27/h3-7,12-13,15-17,29H,8-11,14,18H2,1-2H3,(H,30,31);1-10,17-18,28H,11-16,19H2,(H,29,30). The normalized spacial score (nSPS) is 16.3. The molecule has 4 aliphatic rings. The van der Waals surface area contributed by atoms with E-state index in [1.165, 1.54) is 0 Å². The molecule has 10 rings (SSSR count). The largest absolute Gasteiger partial charge is 0.497 e. The number of para-hydroxylation sites is 1. The number of ether oxygens (including phenoxy) is 7. The van der Waals surface area contributed by atoms with Crippen molar-refractivity contribution in [3.63, 3.8) is 0 Å². The number of carbonyl (C=O) groups excluding carboxylic acids is 2. The van der Waals surface area contributed by atoms with Gasteiger partial charge in [0.1, 0.15) is 28.7 Å². The first-order chi connectivity index (χ1) is 33.2. The van der Waals surface area contributed by atoms with Crippen molar-refractivity contribution in [2.24, 2.45) is 0 Å². The molecule has 2 saturated heterocycles. The summed E-state index contributed by atoms with van der Waals surface area (Å²) in [7, 11) is 3.18. The van der Waals surface area contributed by atoms with Gasteiger partial charge < -0.3 is 54.4 Å². The molecule has 2 amide bonds. The van der Waals surface area contributed by atoms with E-state index in [2.05, 4.69) is 45.5 Å². The first-order valence-electron chi connectivity index (χ1n) is 23.3. The van der Waals surface area contributed by atoms with Gasteiger partial charge in [0, 0.05) is 80.4 Å². The van der Waals surface area contributed by atoms with Crippen LogP contribution in [0.4, 0.5) is 11.4 Å². The molecule has 0 radical (unpaired) electrons. The van der Waals surface area contributed by atoms with E-state index in [0.29, 0.717) is 31.3 Å². The molecular formula is C55H58N4O9. The van der Waals surface area contributed by atoms with Crippen molar-refractivity contribution in [2.75, 3.05) is 57.6 Å². The SMILES string of the molecule is COc1cc(CC(=O)Nc2cccc(-c3ccc4c(c3)COC3(CCNCC3)O4)c2)cc(OC)c1.O=C(CCOc1ccccc1)Nc1cccc(-c2ccc3c(c2)COC2(CCNCC2)O3)c1. The summed E-state index contributed by atoms with van der Waals surface area (Å²) in [5.41, 5.74) is 8.54. The first kappa shape index (κ1) is 46.2. The zero-order valence-corrected chi connectivity index (χ0v) is 38.6. The van der Waals surface area contributed by atoms with Crippen LogP contribution in [0.2, 0.25) is 0 Å². The van der Waals surface area contributed by atoms with Crippen LogP contribution in [0, 0.1) is 0 Å². The molecule has 0 bridgehead atoms. The molecule has 6 aromatic rings. The van der Waals surface area contributed by atoms with Gasteiger partial charge in [-0.3, -0.25) is 9.59 Å². The van der Waals surface area contributed by atoms with E-state index < -0.39 is 11.6 Å². The highest BCUT2D eigenvalue weighted by molar-refractivity contribution is 5.93. The number of hydrogen-bond donors (Lipinski definition) is 4. The van der Waals surface area contributed by atoms with Crippen LogP contribution in [0.15, 0.2) is 133 Å². The molecule has 0 aromatic heterocycles. The van der Waals surface area contributed by atoms with Crippen molar-refractivity contribution < 1.29 is 42.7 Å². The molecule has 68 heavy (non-hydrogen) atoms. The van der Waals surface area contributed by atoms with Crippen molar-refractivity contribution >= 4 is 23.2 Å². The summed E-state index contributed by atoms with van der Waals surface area (Å²) in [4.78, 5) is 25.1. The minimum Gasteiger partial charge on any atom is -0.497 e. The number of fused-ring (bicyclic) bond motifs is 2. The quantitative estimate of drug-likeness (QED) is 0.0932. The van der Waals surface area contributed by atoms with Crippen LogP contribution in [-0.2, 0) is 38.7 Å². The molecule has 13 heteroatoms. The highest BCUT2D eigenvalue weighted by Crippen LogP contribution is 2.40. The molecule has 4 heterocycles. The Morgan fingerprint density at radius 1 is 0.544 bits per heavy atom. The van der Waals surface area contributed by atoms with Crippen LogP contribution in [-0.4, -0.2) is 70.4 Å². The highest BCUT2D eigenvalue weighted by Gasteiger charge is 2.40. The van der Waals surface area contributed by atoms with Crippen LogP contribution in [0.3, 0.4) is 0 Å². The molecule has 0 aliphatic carbocycles. The third kappa shape index (κ3) is 11.6. The van der Waals surface area contributed by atoms with E-state index in [-0.39, 0.29) is 24.7 Å². The van der Waals surface area contributed by atoms with Gasteiger partial charge in [0.05, 0.1) is 46.9 Å². The average Bonchev–Trinajstić information content (AvgIpc) is 3.37. The zero-order valence-electron chi connectivity index (χ0n) is 38.6. The number of hydrogen-bond acceptors (Lipinski definition) is 11. The minimum absolute atomic E-state index is 0.0809. The smallest absolute Gasteiger partial charge is 0.228 e. The highest BCUT2D eigenvalue weighted by atomic mass is 16.7. The summed E-state index contributed by atoms with van der Waals surface area (Å²) in [5, 5.41) is 12.7. The van der Waals surface area contributed by atoms with E-state index in [4.69, 9.17) is 33.2 Å². The van der Waals surface area contributed by atoms with Crippen molar-refractivity contribution in [1.82, 2.24) is 10.6 Å². The fourth-order valence-electron chi connectivity index (χ4n) is 8.84. The first-order valence-corrected chi connectivity index (χ1v) is 23.3. The van der Waals surface area contributed by atoms with Crippen LogP contribution in [0.5, 0.6) is 28.7 Å². The van der Waals surface area contributed by atoms with Crippen molar-refractivity contribution in [1.29, 1.82) is 0 Å². The average molecular weight is 919 g/mol. The van der Waals surface area contributed by atoms with Gasteiger partial charge in [0.15, 0.2) is 0 Å². The molecule has 13 nitrogen and oxygen atoms in total. The molecule has 6 aromatic carbocycles. The second kappa shape index (κ2) is 21.4. The summed E-state index contributed by atoms with van der Waals surface area (Å²) in [6, 6.07) is 43.0. The Kier molecular flexibility index (Phi) is 14.5. The lowest BCUT2D eigenvalue weighted by Gasteiger charge is -2.41. The van der Waals surface area contributed by atoms with Gasteiger partial charge in [-0.25, -0.2) is 0 Å². The summed E-state index contributed by atoms with van der Waals surface area (Å²) in [6.07, 6.45) is 3.89. The number of nitrogens with one attached hydrogen (secondary N) is 4. The Bertz CT molecular complexity index is 2680. The summed E-state index contributed by atoms with van der Waals surface area (Å²) < 4.78 is 41.1. The molecule has 0 unspecified atom stereocenters. The Hall–Kier alpha value is -6.90. The van der Waals surface area contributed by atoms with Gasteiger partial charge in [-0.05, 0) is 101 Å². The fourth-order valence-corrected chi connectivity index (χ4v) is 8.84. The van der Waals surface area contributed by atoms with Gasteiger partial charge in [-0.1, -0.05) is 54.6 Å². The van der Waals surface area contributed by atoms with Gasteiger partial charge in [-0.15, -0.1) is 0 Å². The predicted octanol–water partition coefficient (Wildman–Crippen LogP) is 9.29. The number of anilines is 2. The van der Waals surface area contributed by atoms with E-state index in [1.54, 1.807) is 20.3 Å². The second-order valence-electron chi connectivity index (χ2n) is 17.3. The molecule has 352 valence electrons. The number of amides is 2. The number of rotatable bonds is 12. The van der Waals surface area contributed by atoms with Crippen molar-refractivity contribution in [2.45, 2.75) is 63.3 Å². The Labute approximate surface area is 397 Å². The number of piperidine rings is 2. The second-order valence-corrected chi connectivity index (χ2v) is 17.3. The molecule has 0 saturated carbocycles. The van der Waals surface area contributed by atoms with Crippen molar-refractivity contribution in [3.8, 4) is 51.0 Å². The topological polar surface area (TPSA) is 147 Å². The number of benzene rings is 6. The van der Waals surface area contributed by atoms with E-state index in [9.17, 15) is 9.59 Å². The maximum Gasteiger partial charge on any atom is 0.228 e. The third-order valence-corrected chi connectivity index (χ3v) is 12.5. The lowest BCUT2D eigenvalue weighted by Crippen LogP contribution is -2.49. The molecule has 4 N–H and O–H groups in total. The number of carbonyl (C=O) groups is 2. The molecule has 0 atom stereocenters. The van der Waals surface area contributed by atoms with Crippen LogP contribution in [0.1, 0.15) is 48.8 Å².